The number of H-pyrrole nitrogens is 1. The molecule has 0 amide bonds. The molecule has 0 spiro atoms. The molecule has 0 saturated heterocycles. The molecule has 0 aliphatic heterocycles. The van der Waals surface area contributed by atoms with Crippen LogP contribution in [0.3, 0.4) is 0 Å². The van der Waals surface area contributed by atoms with Crippen LogP contribution in [0.5, 0.6) is 5.75 Å². The Hall–Kier alpha value is -1.83. The number of rotatable bonds is 8. The van der Waals surface area contributed by atoms with Crippen LogP contribution in [-0.2, 0) is 12.3 Å². The average Bonchev–Trinajstić information content (AvgIpc) is 2.84. The van der Waals surface area contributed by atoms with Gasteiger partial charge in [-0.25, -0.2) is 9.89 Å². The van der Waals surface area contributed by atoms with Gasteiger partial charge in [-0.15, -0.1) is 5.10 Å². The van der Waals surface area contributed by atoms with Crippen LogP contribution in [0.4, 0.5) is 8.78 Å². The summed E-state index contributed by atoms with van der Waals surface area (Å²) in [5.74, 6) is 0.530. The molecule has 0 saturated carbocycles. The number of halogens is 2. The first-order valence-electron chi connectivity index (χ1n) is 6.92. The number of ether oxygens (including phenoxy) is 1. The van der Waals surface area contributed by atoms with E-state index in [9.17, 15) is 13.6 Å². The third-order valence-corrected chi connectivity index (χ3v) is 4.03. The molecule has 120 valence electrons. The summed E-state index contributed by atoms with van der Waals surface area (Å²) in [6.07, 6.45) is 1.84. The van der Waals surface area contributed by atoms with Crippen LogP contribution < -0.4 is 10.4 Å². The summed E-state index contributed by atoms with van der Waals surface area (Å²) < 4.78 is 30.8. The minimum absolute atomic E-state index is 0.142. The van der Waals surface area contributed by atoms with Gasteiger partial charge in [0.15, 0.2) is 5.16 Å². The monoisotopic (exact) mass is 329 g/mol. The number of nitrogens with one attached hydrogen (secondary N) is 1. The number of aromatic amines is 1. The highest BCUT2D eigenvalue weighted by molar-refractivity contribution is 7.98. The SMILES string of the molecule is CCCCn1c(SCc2ccccc2OC(F)F)n[nH]c1=O. The van der Waals surface area contributed by atoms with Crippen LogP contribution in [0.25, 0.3) is 0 Å². The summed E-state index contributed by atoms with van der Waals surface area (Å²) in [4.78, 5) is 11.7. The lowest BCUT2D eigenvalue weighted by Gasteiger charge is -2.10. The lowest BCUT2D eigenvalue weighted by atomic mass is 10.2. The van der Waals surface area contributed by atoms with E-state index >= 15 is 0 Å². The maximum atomic E-state index is 12.4. The van der Waals surface area contributed by atoms with E-state index in [-0.39, 0.29) is 11.4 Å². The summed E-state index contributed by atoms with van der Waals surface area (Å²) >= 11 is 1.31. The van der Waals surface area contributed by atoms with Gasteiger partial charge in [-0.3, -0.25) is 4.57 Å². The van der Waals surface area contributed by atoms with E-state index in [1.165, 1.54) is 17.8 Å². The number of aromatic nitrogens is 3. The highest BCUT2D eigenvalue weighted by Gasteiger charge is 2.12. The first-order valence-corrected chi connectivity index (χ1v) is 7.91. The van der Waals surface area contributed by atoms with Crippen molar-refractivity contribution in [3.63, 3.8) is 0 Å². The van der Waals surface area contributed by atoms with Crippen molar-refractivity contribution in [3.05, 3.63) is 40.3 Å². The van der Waals surface area contributed by atoms with E-state index in [4.69, 9.17) is 0 Å². The van der Waals surface area contributed by atoms with Gasteiger partial charge in [0.05, 0.1) is 0 Å². The number of unbranched alkanes of at least 4 members (excludes halogenated alkanes) is 1. The van der Waals surface area contributed by atoms with Crippen molar-refractivity contribution in [1.29, 1.82) is 0 Å². The van der Waals surface area contributed by atoms with Crippen LogP contribution >= 0.6 is 11.8 Å². The smallest absolute Gasteiger partial charge is 0.387 e. The summed E-state index contributed by atoms with van der Waals surface area (Å²) in [6, 6.07) is 6.60. The molecule has 1 aromatic carbocycles. The van der Waals surface area contributed by atoms with Gasteiger partial charge in [0, 0.05) is 17.9 Å². The normalized spacial score (nSPS) is 11.1. The van der Waals surface area contributed by atoms with Crippen molar-refractivity contribution >= 4 is 11.8 Å². The standard InChI is InChI=1S/C14H17F2N3O2S/c1-2-3-8-19-13(20)17-18-14(19)22-9-10-6-4-5-7-11(10)21-12(15)16/h4-7,12H,2-3,8-9H2,1H3,(H,17,20). The lowest BCUT2D eigenvalue weighted by Crippen LogP contribution is -2.17. The Morgan fingerprint density at radius 1 is 1.41 bits per heavy atom. The van der Waals surface area contributed by atoms with Crippen LogP contribution in [-0.4, -0.2) is 21.4 Å². The second-order valence-corrected chi connectivity index (χ2v) is 5.53. The molecule has 8 heteroatoms. The van der Waals surface area contributed by atoms with E-state index in [0.717, 1.165) is 12.8 Å². The van der Waals surface area contributed by atoms with Crippen molar-refractivity contribution in [2.24, 2.45) is 0 Å². The first kappa shape index (κ1) is 16.5. The average molecular weight is 329 g/mol. The van der Waals surface area contributed by atoms with Crippen molar-refractivity contribution < 1.29 is 13.5 Å². The molecule has 22 heavy (non-hydrogen) atoms. The van der Waals surface area contributed by atoms with Crippen molar-refractivity contribution in [1.82, 2.24) is 14.8 Å². The Labute approximate surface area is 130 Å². The zero-order valence-corrected chi connectivity index (χ0v) is 12.9. The predicted octanol–water partition coefficient (Wildman–Crippen LogP) is 3.27. The molecule has 0 aliphatic rings. The molecule has 0 radical (unpaired) electrons. The topological polar surface area (TPSA) is 59.9 Å². The lowest BCUT2D eigenvalue weighted by molar-refractivity contribution is -0.0503. The molecule has 0 atom stereocenters. The maximum Gasteiger partial charge on any atom is 0.387 e. The molecule has 5 nitrogen and oxygen atoms in total. The number of hydrogen-bond donors (Lipinski definition) is 1. The Bertz CT molecular complexity index is 658. The summed E-state index contributed by atoms with van der Waals surface area (Å²) in [5, 5.41) is 6.93. The molecule has 1 N–H and O–H groups in total. The van der Waals surface area contributed by atoms with Crippen molar-refractivity contribution in [2.45, 2.75) is 43.8 Å². The third kappa shape index (κ3) is 4.33. The number of alkyl halides is 2. The minimum atomic E-state index is -2.86. The Morgan fingerprint density at radius 3 is 2.91 bits per heavy atom. The molecule has 1 aromatic heterocycles. The van der Waals surface area contributed by atoms with Gasteiger partial charge in [0.25, 0.3) is 0 Å². The molecular weight excluding hydrogens is 312 g/mol. The zero-order chi connectivity index (χ0) is 15.9. The molecule has 1 heterocycles. The van der Waals surface area contributed by atoms with Gasteiger partial charge in [-0.1, -0.05) is 43.3 Å². The third-order valence-electron chi connectivity index (χ3n) is 3.00. The number of hydrogen-bond acceptors (Lipinski definition) is 4. The van der Waals surface area contributed by atoms with Gasteiger partial charge in [0.1, 0.15) is 5.75 Å². The molecule has 2 rings (SSSR count). The van der Waals surface area contributed by atoms with E-state index in [1.54, 1.807) is 22.8 Å². The van der Waals surface area contributed by atoms with Gasteiger partial charge in [-0.05, 0) is 12.5 Å². The maximum absolute atomic E-state index is 12.4. The van der Waals surface area contributed by atoms with Crippen LogP contribution in [0.15, 0.2) is 34.2 Å². The second kappa shape index (κ2) is 7.98. The van der Waals surface area contributed by atoms with Crippen LogP contribution in [0, 0.1) is 0 Å². The van der Waals surface area contributed by atoms with Gasteiger partial charge < -0.3 is 4.74 Å². The molecule has 0 unspecified atom stereocenters. The zero-order valence-electron chi connectivity index (χ0n) is 12.1. The Kier molecular flexibility index (Phi) is 6.00. The summed E-state index contributed by atoms with van der Waals surface area (Å²) in [5.41, 5.74) is 0.373. The number of thioether (sulfide) groups is 1. The molecule has 0 fully saturated rings. The highest BCUT2D eigenvalue weighted by Crippen LogP contribution is 2.27. The van der Waals surface area contributed by atoms with E-state index < -0.39 is 6.61 Å². The van der Waals surface area contributed by atoms with E-state index in [0.29, 0.717) is 23.0 Å². The molecular formula is C14H17F2N3O2S. The highest BCUT2D eigenvalue weighted by atomic mass is 32.2. The Balaban J connectivity index is 2.09. The molecule has 0 aliphatic carbocycles. The van der Waals surface area contributed by atoms with Gasteiger partial charge in [-0.2, -0.15) is 8.78 Å². The fourth-order valence-corrected chi connectivity index (χ4v) is 2.87. The Morgan fingerprint density at radius 2 is 2.18 bits per heavy atom. The molecule has 0 bridgehead atoms. The quantitative estimate of drug-likeness (QED) is 0.755. The van der Waals surface area contributed by atoms with Crippen LogP contribution in [0.2, 0.25) is 0 Å². The molecule has 2 aromatic rings. The van der Waals surface area contributed by atoms with Crippen molar-refractivity contribution in [2.75, 3.05) is 0 Å². The number of benzene rings is 1. The largest absolute Gasteiger partial charge is 0.435 e. The van der Waals surface area contributed by atoms with Gasteiger partial charge >= 0.3 is 12.3 Å². The summed E-state index contributed by atoms with van der Waals surface area (Å²) in [6.45, 7) is -0.238. The van der Waals surface area contributed by atoms with E-state index in [2.05, 4.69) is 14.9 Å². The summed E-state index contributed by atoms with van der Waals surface area (Å²) in [7, 11) is 0. The second-order valence-electron chi connectivity index (χ2n) is 4.59. The van der Waals surface area contributed by atoms with Crippen molar-refractivity contribution in [3.8, 4) is 5.75 Å². The fourth-order valence-electron chi connectivity index (χ4n) is 1.90. The number of nitrogens with zero attached hydrogens (tertiary/aromatic N) is 2. The van der Waals surface area contributed by atoms with Gasteiger partial charge in [0.2, 0.25) is 0 Å². The predicted molar refractivity (Wildman–Crippen MR) is 80.4 cm³/mol. The fraction of sp³-hybridized carbons (Fsp3) is 0.429. The van der Waals surface area contributed by atoms with E-state index in [1.807, 2.05) is 6.92 Å². The van der Waals surface area contributed by atoms with Crippen LogP contribution in [0.1, 0.15) is 25.3 Å². The number of para-hydroxylation sites is 1. The first-order chi connectivity index (χ1) is 10.6. The minimum Gasteiger partial charge on any atom is -0.435 e.